The Kier molecular flexibility index (Phi) is 7.89. The number of furan rings is 1. The molecule has 0 aliphatic carbocycles. The van der Waals surface area contributed by atoms with Crippen LogP contribution in [0.3, 0.4) is 0 Å². The summed E-state index contributed by atoms with van der Waals surface area (Å²) in [6.45, 7) is 0. The second-order valence-electron chi connectivity index (χ2n) is 14.8. The van der Waals surface area contributed by atoms with Crippen molar-refractivity contribution in [1.82, 2.24) is 0 Å². The standard InChI is InChI=1S/C56H36O/c1-4-14-37(15-5-1)40-20-12-21-41(32-40)45-27-30-53-50(34-45)51-35-46(28-31-54(51)57-53)43-23-13-22-42(33-43)44-26-29-49-52(36-44)56(39-18-8-3-9-19-39)48-25-11-10-24-47(48)55(49)38-16-6-2-7-17-38/h1-36H. The van der Waals surface area contributed by atoms with Gasteiger partial charge in [0.25, 0.3) is 0 Å². The Morgan fingerprint density at radius 3 is 1.02 bits per heavy atom. The van der Waals surface area contributed by atoms with Crippen molar-refractivity contribution in [3.05, 3.63) is 218 Å². The summed E-state index contributed by atoms with van der Waals surface area (Å²) in [4.78, 5) is 0. The van der Waals surface area contributed by atoms with Crippen molar-refractivity contribution in [2.24, 2.45) is 0 Å². The highest BCUT2D eigenvalue weighted by atomic mass is 16.3. The van der Waals surface area contributed by atoms with E-state index in [9.17, 15) is 0 Å². The summed E-state index contributed by atoms with van der Waals surface area (Å²) in [5.74, 6) is 0. The number of fused-ring (bicyclic) bond motifs is 5. The number of hydrogen-bond donors (Lipinski definition) is 0. The smallest absolute Gasteiger partial charge is 0.135 e. The van der Waals surface area contributed by atoms with Crippen molar-refractivity contribution in [3.63, 3.8) is 0 Å². The van der Waals surface area contributed by atoms with E-state index in [1.165, 1.54) is 82.7 Å². The lowest BCUT2D eigenvalue weighted by molar-refractivity contribution is 0.669. The third-order valence-electron chi connectivity index (χ3n) is 11.5. The Morgan fingerprint density at radius 1 is 0.193 bits per heavy atom. The predicted octanol–water partition coefficient (Wildman–Crippen LogP) is 15.9. The molecule has 0 saturated heterocycles. The van der Waals surface area contributed by atoms with Gasteiger partial charge in [-0.2, -0.15) is 0 Å². The Hall–Kier alpha value is -7.48. The summed E-state index contributed by atoms with van der Waals surface area (Å²) in [5.41, 5.74) is 16.2. The molecular formula is C56H36O. The zero-order valence-electron chi connectivity index (χ0n) is 31.2. The molecule has 0 bridgehead atoms. The summed E-state index contributed by atoms with van der Waals surface area (Å²) < 4.78 is 6.38. The molecule has 11 aromatic rings. The quantitative estimate of drug-likeness (QED) is 0.156. The molecule has 57 heavy (non-hydrogen) atoms. The summed E-state index contributed by atoms with van der Waals surface area (Å²) >= 11 is 0. The molecule has 0 saturated carbocycles. The molecule has 1 heteroatoms. The van der Waals surface area contributed by atoms with Gasteiger partial charge in [-0.15, -0.1) is 0 Å². The van der Waals surface area contributed by atoms with Crippen LogP contribution in [0.25, 0.3) is 110 Å². The molecule has 0 unspecified atom stereocenters. The minimum Gasteiger partial charge on any atom is -0.456 e. The predicted molar refractivity (Wildman–Crippen MR) is 241 cm³/mol. The van der Waals surface area contributed by atoms with Crippen LogP contribution < -0.4 is 0 Å². The first-order valence-corrected chi connectivity index (χ1v) is 19.6. The number of benzene rings is 10. The molecule has 0 N–H and O–H groups in total. The van der Waals surface area contributed by atoms with Crippen LogP contribution in [-0.4, -0.2) is 0 Å². The lowest BCUT2D eigenvalue weighted by Gasteiger charge is -2.19. The average Bonchev–Trinajstić information content (AvgIpc) is 3.66. The second kappa shape index (κ2) is 13.7. The molecule has 1 aromatic heterocycles. The van der Waals surface area contributed by atoms with E-state index >= 15 is 0 Å². The van der Waals surface area contributed by atoms with Gasteiger partial charge in [-0.3, -0.25) is 0 Å². The van der Waals surface area contributed by atoms with Crippen LogP contribution in [0.4, 0.5) is 0 Å². The lowest BCUT2D eigenvalue weighted by Crippen LogP contribution is -1.91. The van der Waals surface area contributed by atoms with Crippen LogP contribution >= 0.6 is 0 Å². The zero-order chi connectivity index (χ0) is 37.7. The van der Waals surface area contributed by atoms with Crippen molar-refractivity contribution in [3.8, 4) is 66.8 Å². The van der Waals surface area contributed by atoms with Gasteiger partial charge in [0.2, 0.25) is 0 Å². The first kappa shape index (κ1) is 32.9. The maximum absolute atomic E-state index is 6.38. The number of rotatable bonds is 6. The Morgan fingerprint density at radius 2 is 0.526 bits per heavy atom. The van der Waals surface area contributed by atoms with Crippen LogP contribution in [0.15, 0.2) is 223 Å². The third kappa shape index (κ3) is 5.80. The first-order chi connectivity index (χ1) is 28.2. The van der Waals surface area contributed by atoms with Gasteiger partial charge in [0.15, 0.2) is 0 Å². The fourth-order valence-electron chi connectivity index (χ4n) is 8.71. The maximum atomic E-state index is 6.38. The summed E-state index contributed by atoms with van der Waals surface area (Å²) in [7, 11) is 0. The highest BCUT2D eigenvalue weighted by molar-refractivity contribution is 6.22. The topological polar surface area (TPSA) is 13.1 Å². The second-order valence-corrected chi connectivity index (χ2v) is 14.8. The fourth-order valence-corrected chi connectivity index (χ4v) is 8.71. The highest BCUT2D eigenvalue weighted by Crippen LogP contribution is 2.45. The maximum Gasteiger partial charge on any atom is 0.135 e. The zero-order valence-corrected chi connectivity index (χ0v) is 31.2. The van der Waals surface area contributed by atoms with Crippen molar-refractivity contribution in [1.29, 1.82) is 0 Å². The first-order valence-electron chi connectivity index (χ1n) is 19.6. The van der Waals surface area contributed by atoms with Gasteiger partial charge in [0.05, 0.1) is 0 Å². The molecule has 266 valence electrons. The van der Waals surface area contributed by atoms with Crippen LogP contribution in [0.5, 0.6) is 0 Å². The van der Waals surface area contributed by atoms with Gasteiger partial charge >= 0.3 is 0 Å². The largest absolute Gasteiger partial charge is 0.456 e. The van der Waals surface area contributed by atoms with E-state index < -0.39 is 0 Å². The van der Waals surface area contributed by atoms with Crippen LogP contribution in [-0.2, 0) is 0 Å². The van der Waals surface area contributed by atoms with Crippen molar-refractivity contribution >= 4 is 43.5 Å². The van der Waals surface area contributed by atoms with E-state index in [4.69, 9.17) is 4.42 Å². The van der Waals surface area contributed by atoms with Crippen LogP contribution in [0, 0.1) is 0 Å². The van der Waals surface area contributed by atoms with E-state index in [1.54, 1.807) is 0 Å². The third-order valence-corrected chi connectivity index (χ3v) is 11.5. The van der Waals surface area contributed by atoms with Gasteiger partial charge in [-0.25, -0.2) is 0 Å². The van der Waals surface area contributed by atoms with E-state index in [0.29, 0.717) is 0 Å². The average molecular weight is 725 g/mol. The van der Waals surface area contributed by atoms with Gasteiger partial charge in [0.1, 0.15) is 11.2 Å². The molecule has 0 spiro atoms. The summed E-state index contributed by atoms with van der Waals surface area (Å²) in [6, 6.07) is 78.9. The van der Waals surface area contributed by atoms with Crippen LogP contribution in [0.1, 0.15) is 0 Å². The molecule has 0 aliphatic rings. The van der Waals surface area contributed by atoms with Crippen molar-refractivity contribution in [2.45, 2.75) is 0 Å². The van der Waals surface area contributed by atoms with E-state index in [1.807, 2.05) is 0 Å². The molecule has 1 heterocycles. The molecule has 10 aromatic carbocycles. The molecular weight excluding hydrogens is 689 g/mol. The number of hydrogen-bond acceptors (Lipinski definition) is 1. The van der Waals surface area contributed by atoms with E-state index in [2.05, 4.69) is 218 Å². The lowest BCUT2D eigenvalue weighted by atomic mass is 9.85. The summed E-state index contributed by atoms with van der Waals surface area (Å²) in [6.07, 6.45) is 0. The SMILES string of the molecule is c1ccc(-c2cccc(-c3ccc4oc5ccc(-c6cccc(-c7ccc8c(-c9ccccc9)c9ccccc9c(-c9ccccc9)c8c7)c6)cc5c4c3)c2)cc1. The highest BCUT2D eigenvalue weighted by Gasteiger charge is 2.18. The van der Waals surface area contributed by atoms with Gasteiger partial charge in [-0.1, -0.05) is 176 Å². The normalized spacial score (nSPS) is 11.5. The molecule has 1 nitrogen and oxygen atoms in total. The van der Waals surface area contributed by atoms with Crippen molar-refractivity contribution in [2.75, 3.05) is 0 Å². The van der Waals surface area contributed by atoms with Gasteiger partial charge < -0.3 is 4.42 Å². The minimum absolute atomic E-state index is 0.893. The van der Waals surface area contributed by atoms with Crippen molar-refractivity contribution < 1.29 is 4.42 Å². The molecule has 0 amide bonds. The van der Waals surface area contributed by atoms with E-state index in [-0.39, 0.29) is 0 Å². The Balaban J connectivity index is 1.03. The molecule has 11 rings (SSSR count). The Bertz CT molecular complexity index is 3270. The Labute approximate surface area is 331 Å². The molecule has 0 atom stereocenters. The van der Waals surface area contributed by atoms with E-state index in [0.717, 1.165) is 27.5 Å². The molecule has 0 radical (unpaired) electrons. The fraction of sp³-hybridized carbons (Fsp3) is 0. The van der Waals surface area contributed by atoms with Crippen LogP contribution in [0.2, 0.25) is 0 Å². The minimum atomic E-state index is 0.893. The van der Waals surface area contributed by atoms with Gasteiger partial charge in [-0.05, 0) is 131 Å². The van der Waals surface area contributed by atoms with Gasteiger partial charge in [0, 0.05) is 10.8 Å². The monoisotopic (exact) mass is 724 g/mol. The molecule has 0 fully saturated rings. The summed E-state index contributed by atoms with van der Waals surface area (Å²) in [5, 5.41) is 7.26. The molecule has 0 aliphatic heterocycles.